The second kappa shape index (κ2) is 5.16. The largest absolute Gasteiger partial charge is 0.496 e. The third-order valence-electron chi connectivity index (χ3n) is 2.51. The third-order valence-corrected chi connectivity index (χ3v) is 3.31. The van der Waals surface area contributed by atoms with Gasteiger partial charge in [0.05, 0.1) is 19.3 Å². The lowest BCUT2D eigenvalue weighted by Gasteiger charge is -2.18. The summed E-state index contributed by atoms with van der Waals surface area (Å²) in [5.74, 6) is 0.930. The lowest BCUT2D eigenvalue weighted by atomic mass is 10.1. The van der Waals surface area contributed by atoms with Crippen molar-refractivity contribution in [2.75, 3.05) is 11.5 Å². The predicted octanol–water partition coefficient (Wildman–Crippen LogP) is 3.35. The Morgan fingerprint density at radius 1 is 1.40 bits per heavy atom. The van der Waals surface area contributed by atoms with Crippen LogP contribution in [0.1, 0.15) is 24.5 Å². The molecule has 0 N–H and O–H groups in total. The Kier molecular flexibility index (Phi) is 3.86. The van der Waals surface area contributed by atoms with E-state index in [2.05, 4.69) is 28.7 Å². The minimum absolute atomic E-state index is 0.175. The molecule has 1 aromatic rings. The van der Waals surface area contributed by atoms with E-state index in [4.69, 9.17) is 9.47 Å². The molecule has 0 amide bonds. The monoisotopic (exact) mass is 318 g/mol. The van der Waals surface area contributed by atoms with Crippen molar-refractivity contribution in [3.63, 3.8) is 0 Å². The summed E-state index contributed by atoms with van der Waals surface area (Å²) in [6.07, 6.45) is 3.08. The predicted molar refractivity (Wildman–Crippen MR) is 68.7 cm³/mol. The number of halogens is 1. The molecule has 1 fully saturated rings. The van der Waals surface area contributed by atoms with Gasteiger partial charge in [-0.3, -0.25) is 0 Å². The first-order valence-electron chi connectivity index (χ1n) is 5.19. The number of ether oxygens (including phenoxy) is 2. The van der Waals surface area contributed by atoms with E-state index in [1.807, 2.05) is 18.2 Å². The molecule has 2 nitrogen and oxygen atoms in total. The van der Waals surface area contributed by atoms with Crippen LogP contribution in [0.15, 0.2) is 24.3 Å². The minimum Gasteiger partial charge on any atom is -0.496 e. The summed E-state index contributed by atoms with van der Waals surface area (Å²) in [6.45, 7) is 0. The van der Waals surface area contributed by atoms with Crippen molar-refractivity contribution in [3.8, 4) is 5.75 Å². The van der Waals surface area contributed by atoms with Gasteiger partial charge in [0, 0.05) is 9.99 Å². The summed E-state index contributed by atoms with van der Waals surface area (Å²) < 4.78 is 12.3. The van der Waals surface area contributed by atoms with Crippen LogP contribution in [0.4, 0.5) is 0 Å². The number of hydrogen-bond acceptors (Lipinski definition) is 2. The number of hydrogen-bond donors (Lipinski definition) is 0. The molecule has 3 heteroatoms. The zero-order valence-electron chi connectivity index (χ0n) is 8.78. The number of benzene rings is 1. The Hall–Kier alpha value is -0.290. The van der Waals surface area contributed by atoms with E-state index in [0.29, 0.717) is 6.10 Å². The highest BCUT2D eigenvalue weighted by molar-refractivity contribution is 14.1. The first kappa shape index (κ1) is 11.2. The van der Waals surface area contributed by atoms with Gasteiger partial charge in [-0.05, 0) is 18.9 Å². The van der Waals surface area contributed by atoms with Crippen LogP contribution in [0.3, 0.4) is 0 Å². The molecule has 1 saturated carbocycles. The van der Waals surface area contributed by atoms with Crippen molar-refractivity contribution in [2.45, 2.75) is 25.0 Å². The summed E-state index contributed by atoms with van der Waals surface area (Å²) in [7, 11) is 1.71. The van der Waals surface area contributed by atoms with Crippen molar-refractivity contribution in [2.24, 2.45) is 0 Å². The Morgan fingerprint density at radius 2 is 2.13 bits per heavy atom. The fourth-order valence-electron chi connectivity index (χ4n) is 1.56. The zero-order valence-corrected chi connectivity index (χ0v) is 10.9. The molecule has 0 aromatic heterocycles. The van der Waals surface area contributed by atoms with Gasteiger partial charge >= 0.3 is 0 Å². The minimum atomic E-state index is 0.175. The number of para-hydroxylation sites is 1. The van der Waals surface area contributed by atoms with Crippen LogP contribution in [0.25, 0.3) is 0 Å². The van der Waals surface area contributed by atoms with E-state index in [1.165, 1.54) is 18.4 Å². The van der Waals surface area contributed by atoms with E-state index in [0.717, 1.165) is 10.2 Å². The molecule has 1 aromatic carbocycles. The van der Waals surface area contributed by atoms with Gasteiger partial charge in [-0.15, -0.1) is 0 Å². The Morgan fingerprint density at radius 3 is 2.73 bits per heavy atom. The third kappa shape index (κ3) is 2.84. The first-order valence-corrected chi connectivity index (χ1v) is 6.72. The maximum atomic E-state index is 5.95. The molecule has 0 radical (unpaired) electrons. The van der Waals surface area contributed by atoms with Gasteiger partial charge in [0.2, 0.25) is 0 Å². The molecule has 82 valence electrons. The fraction of sp³-hybridized carbons (Fsp3) is 0.500. The topological polar surface area (TPSA) is 18.5 Å². The first-order chi connectivity index (χ1) is 7.35. The average molecular weight is 318 g/mol. The van der Waals surface area contributed by atoms with Gasteiger partial charge in [-0.2, -0.15) is 0 Å². The summed E-state index contributed by atoms with van der Waals surface area (Å²) in [5, 5.41) is 0. The van der Waals surface area contributed by atoms with Crippen molar-refractivity contribution in [1.29, 1.82) is 0 Å². The van der Waals surface area contributed by atoms with E-state index < -0.39 is 0 Å². The van der Waals surface area contributed by atoms with Crippen molar-refractivity contribution in [1.82, 2.24) is 0 Å². The second-order valence-electron chi connectivity index (χ2n) is 3.72. The molecule has 0 spiro atoms. The molecule has 1 aliphatic carbocycles. The van der Waals surface area contributed by atoms with Crippen LogP contribution in [0.5, 0.6) is 5.75 Å². The molecule has 1 aliphatic rings. The molecule has 0 bridgehead atoms. The molecule has 0 saturated heterocycles. The SMILES string of the molecule is COc1ccccc1C(CI)OC1CC1. The van der Waals surface area contributed by atoms with Crippen LogP contribution in [0.2, 0.25) is 0 Å². The summed E-state index contributed by atoms with van der Waals surface area (Å²) in [5.41, 5.74) is 1.17. The Labute approximate surface area is 104 Å². The lowest BCUT2D eigenvalue weighted by Crippen LogP contribution is -2.08. The second-order valence-corrected chi connectivity index (χ2v) is 4.60. The van der Waals surface area contributed by atoms with Crippen molar-refractivity contribution < 1.29 is 9.47 Å². The molecule has 1 atom stereocenters. The van der Waals surface area contributed by atoms with E-state index >= 15 is 0 Å². The average Bonchev–Trinajstić information content (AvgIpc) is 3.10. The molecule has 1 unspecified atom stereocenters. The van der Waals surface area contributed by atoms with Crippen LogP contribution in [0, 0.1) is 0 Å². The summed E-state index contributed by atoms with van der Waals surface area (Å²) in [4.78, 5) is 0. The van der Waals surface area contributed by atoms with Gasteiger partial charge in [-0.25, -0.2) is 0 Å². The van der Waals surface area contributed by atoms with E-state index in [1.54, 1.807) is 7.11 Å². The number of alkyl halides is 1. The molecule has 2 rings (SSSR count). The highest BCUT2D eigenvalue weighted by Crippen LogP contribution is 2.35. The molecule has 0 heterocycles. The molecule has 0 aliphatic heterocycles. The maximum absolute atomic E-state index is 5.95. The van der Waals surface area contributed by atoms with Crippen LogP contribution < -0.4 is 4.74 Å². The Bertz CT molecular complexity index is 323. The Balaban J connectivity index is 2.15. The van der Waals surface area contributed by atoms with E-state index in [-0.39, 0.29) is 6.10 Å². The maximum Gasteiger partial charge on any atom is 0.124 e. The van der Waals surface area contributed by atoms with Crippen LogP contribution in [-0.2, 0) is 4.74 Å². The quantitative estimate of drug-likeness (QED) is 0.612. The molecular weight excluding hydrogens is 303 g/mol. The van der Waals surface area contributed by atoms with Gasteiger partial charge < -0.3 is 9.47 Å². The van der Waals surface area contributed by atoms with E-state index in [9.17, 15) is 0 Å². The molecular formula is C12H15IO2. The van der Waals surface area contributed by atoms with Gasteiger partial charge in [-0.1, -0.05) is 40.8 Å². The van der Waals surface area contributed by atoms with Crippen LogP contribution >= 0.6 is 22.6 Å². The highest BCUT2D eigenvalue weighted by Gasteiger charge is 2.27. The zero-order chi connectivity index (χ0) is 10.7. The standard InChI is InChI=1S/C12H15IO2/c1-14-11-5-3-2-4-10(11)12(8-13)15-9-6-7-9/h2-5,9,12H,6-8H2,1H3. The summed E-state index contributed by atoms with van der Waals surface area (Å²) >= 11 is 2.37. The van der Waals surface area contributed by atoms with Gasteiger partial charge in [0.15, 0.2) is 0 Å². The fourth-order valence-corrected chi connectivity index (χ4v) is 2.24. The van der Waals surface area contributed by atoms with Crippen LogP contribution in [-0.4, -0.2) is 17.6 Å². The number of rotatable bonds is 5. The number of methoxy groups -OCH3 is 1. The molecule has 15 heavy (non-hydrogen) atoms. The van der Waals surface area contributed by atoms with Gasteiger partial charge in [0.1, 0.15) is 5.75 Å². The highest BCUT2D eigenvalue weighted by atomic mass is 127. The normalized spacial score (nSPS) is 17.5. The van der Waals surface area contributed by atoms with Crippen molar-refractivity contribution in [3.05, 3.63) is 29.8 Å². The summed E-state index contributed by atoms with van der Waals surface area (Å²) in [6, 6.07) is 8.10. The van der Waals surface area contributed by atoms with Gasteiger partial charge in [0.25, 0.3) is 0 Å². The van der Waals surface area contributed by atoms with Crippen molar-refractivity contribution >= 4 is 22.6 Å². The smallest absolute Gasteiger partial charge is 0.124 e. The lowest BCUT2D eigenvalue weighted by molar-refractivity contribution is 0.0554.